The van der Waals surface area contributed by atoms with Gasteiger partial charge in [0.2, 0.25) is 0 Å². The number of rotatable bonds is 5. The number of sulfonamides is 1. The second-order valence-electron chi connectivity index (χ2n) is 4.79. The Morgan fingerprint density at radius 2 is 1.77 bits per heavy atom. The van der Waals surface area contributed by atoms with Crippen LogP contribution in [0.15, 0.2) is 23.1 Å². The van der Waals surface area contributed by atoms with Gasteiger partial charge >= 0.3 is 0 Å². The monoisotopic (exact) mass is 325 g/mol. The van der Waals surface area contributed by atoms with Crippen LogP contribution in [0.2, 0.25) is 0 Å². The topological polar surface area (TPSA) is 82.5 Å². The van der Waals surface area contributed by atoms with Gasteiger partial charge in [0, 0.05) is 13.1 Å². The molecule has 22 heavy (non-hydrogen) atoms. The average molecular weight is 325 g/mol. The molecular weight excluding hydrogens is 306 g/mol. The average Bonchev–Trinajstić information content (AvgIpc) is 2.72. The molecule has 0 aliphatic rings. The number of aryl methyl sites for hydroxylation is 2. The zero-order valence-corrected chi connectivity index (χ0v) is 14.0. The molecule has 0 atom stereocenters. The van der Waals surface area contributed by atoms with Crippen LogP contribution in [0.4, 0.5) is 5.69 Å². The van der Waals surface area contributed by atoms with Gasteiger partial charge in [0.05, 0.1) is 36.2 Å². The van der Waals surface area contributed by atoms with Gasteiger partial charge in [-0.05, 0) is 26.0 Å². The number of ether oxygens (including phenoxy) is 2. The van der Waals surface area contributed by atoms with E-state index >= 15 is 0 Å². The molecule has 120 valence electrons. The van der Waals surface area contributed by atoms with Crippen LogP contribution in [-0.2, 0) is 17.1 Å². The van der Waals surface area contributed by atoms with E-state index < -0.39 is 10.0 Å². The van der Waals surface area contributed by atoms with Crippen LogP contribution in [-0.4, -0.2) is 32.4 Å². The molecule has 2 aromatic rings. The summed E-state index contributed by atoms with van der Waals surface area (Å²) in [5.74, 6) is 0.820. The van der Waals surface area contributed by atoms with Crippen LogP contribution in [0.3, 0.4) is 0 Å². The second-order valence-corrected chi connectivity index (χ2v) is 6.47. The molecule has 1 heterocycles. The molecule has 2 rings (SSSR count). The maximum atomic E-state index is 12.5. The molecule has 1 N–H and O–H groups in total. The standard InChI is InChI=1S/C14H19N3O4S/c1-9-14(10(2)17(3)15-9)16-22(18,19)11-6-7-12(20-4)13(8-11)21-5/h6-8,16H,1-5H3. The second kappa shape index (κ2) is 5.88. The Balaban J connectivity index is 2.43. The van der Waals surface area contributed by atoms with Crippen molar-refractivity contribution >= 4 is 15.7 Å². The molecule has 0 saturated heterocycles. The van der Waals surface area contributed by atoms with Gasteiger partial charge < -0.3 is 9.47 Å². The summed E-state index contributed by atoms with van der Waals surface area (Å²) in [6, 6.07) is 4.43. The molecule has 0 radical (unpaired) electrons. The van der Waals surface area contributed by atoms with Crippen LogP contribution >= 0.6 is 0 Å². The van der Waals surface area contributed by atoms with E-state index in [2.05, 4.69) is 9.82 Å². The number of methoxy groups -OCH3 is 2. The minimum absolute atomic E-state index is 0.0906. The highest BCUT2D eigenvalue weighted by molar-refractivity contribution is 7.92. The van der Waals surface area contributed by atoms with Crippen LogP contribution < -0.4 is 14.2 Å². The Labute approximate surface area is 129 Å². The van der Waals surface area contributed by atoms with Crippen LogP contribution in [0.25, 0.3) is 0 Å². The molecule has 7 nitrogen and oxygen atoms in total. The van der Waals surface area contributed by atoms with E-state index in [4.69, 9.17) is 9.47 Å². The number of nitrogens with one attached hydrogen (secondary N) is 1. The van der Waals surface area contributed by atoms with E-state index in [9.17, 15) is 8.42 Å². The Morgan fingerprint density at radius 3 is 2.27 bits per heavy atom. The molecule has 0 amide bonds. The third-order valence-electron chi connectivity index (χ3n) is 3.41. The van der Waals surface area contributed by atoms with Crippen molar-refractivity contribution in [1.29, 1.82) is 0 Å². The minimum Gasteiger partial charge on any atom is -0.493 e. The van der Waals surface area contributed by atoms with Crippen molar-refractivity contribution in [3.8, 4) is 11.5 Å². The van der Waals surface area contributed by atoms with Gasteiger partial charge in [0.15, 0.2) is 11.5 Å². The van der Waals surface area contributed by atoms with Crippen molar-refractivity contribution < 1.29 is 17.9 Å². The first-order valence-electron chi connectivity index (χ1n) is 6.55. The fraction of sp³-hybridized carbons (Fsp3) is 0.357. The maximum absolute atomic E-state index is 12.5. The van der Waals surface area contributed by atoms with Crippen molar-refractivity contribution in [2.24, 2.45) is 7.05 Å². The van der Waals surface area contributed by atoms with E-state index in [0.29, 0.717) is 22.9 Å². The first-order chi connectivity index (χ1) is 10.3. The molecule has 0 fully saturated rings. The predicted molar refractivity (Wildman–Crippen MR) is 83.0 cm³/mol. The van der Waals surface area contributed by atoms with Crippen molar-refractivity contribution in [2.75, 3.05) is 18.9 Å². The van der Waals surface area contributed by atoms with E-state index in [-0.39, 0.29) is 4.90 Å². The third kappa shape index (κ3) is 2.87. The summed E-state index contributed by atoms with van der Waals surface area (Å²) < 4.78 is 39.5. The SMILES string of the molecule is COc1ccc(S(=O)(=O)Nc2c(C)nn(C)c2C)cc1OC. The number of anilines is 1. The quantitative estimate of drug-likeness (QED) is 0.907. The van der Waals surface area contributed by atoms with Crippen molar-refractivity contribution in [1.82, 2.24) is 9.78 Å². The molecule has 0 aliphatic carbocycles. The van der Waals surface area contributed by atoms with Gasteiger partial charge in [-0.3, -0.25) is 9.40 Å². The van der Waals surface area contributed by atoms with E-state index in [1.165, 1.54) is 26.4 Å². The van der Waals surface area contributed by atoms with E-state index in [1.807, 2.05) is 0 Å². The summed E-state index contributed by atoms with van der Waals surface area (Å²) >= 11 is 0. The lowest BCUT2D eigenvalue weighted by atomic mass is 10.3. The summed E-state index contributed by atoms with van der Waals surface area (Å²) in [7, 11) is 0.967. The summed E-state index contributed by atoms with van der Waals surface area (Å²) in [5, 5.41) is 4.19. The lowest BCUT2D eigenvalue weighted by Gasteiger charge is -2.12. The number of aromatic nitrogens is 2. The first kappa shape index (κ1) is 16.2. The highest BCUT2D eigenvalue weighted by Gasteiger charge is 2.20. The molecule has 0 aliphatic heterocycles. The van der Waals surface area contributed by atoms with E-state index in [1.54, 1.807) is 31.6 Å². The lowest BCUT2D eigenvalue weighted by molar-refractivity contribution is 0.354. The molecule has 0 bridgehead atoms. The fourth-order valence-electron chi connectivity index (χ4n) is 2.10. The van der Waals surface area contributed by atoms with Crippen LogP contribution in [0.1, 0.15) is 11.4 Å². The number of benzene rings is 1. The summed E-state index contributed by atoms with van der Waals surface area (Å²) in [6.45, 7) is 3.55. The smallest absolute Gasteiger partial charge is 0.262 e. The third-order valence-corrected chi connectivity index (χ3v) is 4.76. The zero-order valence-electron chi connectivity index (χ0n) is 13.2. The summed E-state index contributed by atoms with van der Waals surface area (Å²) in [4.78, 5) is 0.0906. The molecule has 8 heteroatoms. The molecule has 0 unspecified atom stereocenters. The number of hydrogen-bond acceptors (Lipinski definition) is 5. The molecule has 1 aromatic carbocycles. The Kier molecular flexibility index (Phi) is 4.32. The van der Waals surface area contributed by atoms with Gasteiger partial charge in [0.1, 0.15) is 0 Å². The largest absolute Gasteiger partial charge is 0.493 e. The van der Waals surface area contributed by atoms with Gasteiger partial charge in [-0.2, -0.15) is 5.10 Å². The first-order valence-corrected chi connectivity index (χ1v) is 8.03. The number of nitrogens with zero attached hydrogens (tertiary/aromatic N) is 2. The summed E-state index contributed by atoms with van der Waals surface area (Å²) in [5.41, 5.74) is 1.84. The Hall–Kier alpha value is -2.22. The summed E-state index contributed by atoms with van der Waals surface area (Å²) in [6.07, 6.45) is 0. The number of hydrogen-bond donors (Lipinski definition) is 1. The minimum atomic E-state index is -3.74. The van der Waals surface area contributed by atoms with Crippen molar-refractivity contribution in [3.05, 3.63) is 29.6 Å². The lowest BCUT2D eigenvalue weighted by Crippen LogP contribution is -2.14. The highest BCUT2D eigenvalue weighted by atomic mass is 32.2. The van der Waals surface area contributed by atoms with E-state index in [0.717, 1.165) is 5.69 Å². The fourth-order valence-corrected chi connectivity index (χ4v) is 3.29. The Morgan fingerprint density at radius 1 is 1.14 bits per heavy atom. The molecule has 1 aromatic heterocycles. The van der Waals surface area contributed by atoms with Gasteiger partial charge in [-0.1, -0.05) is 0 Å². The highest BCUT2D eigenvalue weighted by Crippen LogP contribution is 2.30. The van der Waals surface area contributed by atoms with Crippen LogP contribution in [0.5, 0.6) is 11.5 Å². The Bertz CT molecular complexity index is 797. The van der Waals surface area contributed by atoms with Crippen molar-refractivity contribution in [3.63, 3.8) is 0 Å². The molecule has 0 saturated carbocycles. The van der Waals surface area contributed by atoms with Crippen LogP contribution in [0, 0.1) is 13.8 Å². The van der Waals surface area contributed by atoms with Gasteiger partial charge in [-0.25, -0.2) is 8.42 Å². The maximum Gasteiger partial charge on any atom is 0.262 e. The van der Waals surface area contributed by atoms with Gasteiger partial charge in [0.25, 0.3) is 10.0 Å². The molecular formula is C14H19N3O4S. The predicted octanol–water partition coefficient (Wildman–Crippen LogP) is 1.85. The van der Waals surface area contributed by atoms with Crippen molar-refractivity contribution in [2.45, 2.75) is 18.7 Å². The van der Waals surface area contributed by atoms with Gasteiger partial charge in [-0.15, -0.1) is 0 Å². The normalized spacial score (nSPS) is 11.3. The molecule has 0 spiro atoms. The zero-order chi connectivity index (χ0) is 16.5.